The average molecular weight is 344 g/mol. The van der Waals surface area contributed by atoms with Crippen molar-refractivity contribution >= 4 is 11.5 Å². The maximum atomic E-state index is 11.4. The van der Waals surface area contributed by atoms with E-state index >= 15 is 0 Å². The number of hydrogen-bond donors (Lipinski definition) is 2. The quantitative estimate of drug-likeness (QED) is 0.754. The summed E-state index contributed by atoms with van der Waals surface area (Å²) in [4.78, 5) is 11.4. The number of phenolic OH excluding ortho intramolecular Hbond substituents is 1. The van der Waals surface area contributed by atoms with Gasteiger partial charge in [0.25, 0.3) is 0 Å². The molecule has 1 aromatic rings. The fourth-order valence-corrected chi connectivity index (χ4v) is 4.20. The molecule has 1 aromatic carbocycles. The van der Waals surface area contributed by atoms with E-state index in [0.717, 1.165) is 43.2 Å². The molecule has 136 valence electrons. The first-order chi connectivity index (χ1) is 11.8. The molecule has 1 aliphatic heterocycles. The number of carboxylic acids is 1. The predicted molar refractivity (Wildman–Crippen MR) is 97.9 cm³/mol. The van der Waals surface area contributed by atoms with Crippen LogP contribution < -0.4 is 4.74 Å². The van der Waals surface area contributed by atoms with Crippen molar-refractivity contribution in [1.82, 2.24) is 0 Å². The summed E-state index contributed by atoms with van der Waals surface area (Å²) in [5.74, 6) is -0.289. The van der Waals surface area contributed by atoms with Crippen LogP contribution in [0.25, 0.3) is 5.57 Å². The molecular formula is C21H28O4. The standard InChI is InChI=1S/C21H28O4/c1-4-5-6-7-13-10-17(22)19-15-12-14(20(23)24)8-9-16(15)21(2,3)25-18(19)11-13/h10-12,14,16,22H,4-9H2,1-3H3,(H,23,24). The minimum absolute atomic E-state index is 0.104. The Morgan fingerprint density at radius 1 is 1.28 bits per heavy atom. The lowest BCUT2D eigenvalue weighted by molar-refractivity contribution is -0.140. The molecule has 0 saturated carbocycles. The molecule has 0 radical (unpaired) electrons. The zero-order chi connectivity index (χ0) is 18.2. The smallest absolute Gasteiger partial charge is 0.310 e. The van der Waals surface area contributed by atoms with Gasteiger partial charge < -0.3 is 14.9 Å². The van der Waals surface area contributed by atoms with E-state index in [2.05, 4.69) is 20.8 Å². The third-order valence-corrected chi connectivity index (χ3v) is 5.55. The molecule has 4 heteroatoms. The molecule has 2 atom stereocenters. The summed E-state index contributed by atoms with van der Waals surface area (Å²) in [5.41, 5.74) is 2.29. The monoisotopic (exact) mass is 344 g/mol. The number of aromatic hydroxyl groups is 1. The van der Waals surface area contributed by atoms with Gasteiger partial charge in [-0.15, -0.1) is 0 Å². The molecular weight excluding hydrogens is 316 g/mol. The lowest BCUT2D eigenvalue weighted by Gasteiger charge is -2.44. The average Bonchev–Trinajstić information content (AvgIpc) is 2.53. The Kier molecular flexibility index (Phi) is 4.81. The Hall–Kier alpha value is -1.97. The molecule has 25 heavy (non-hydrogen) atoms. The maximum absolute atomic E-state index is 11.4. The fraction of sp³-hybridized carbons (Fsp3) is 0.571. The number of aryl methyl sites for hydroxylation is 1. The van der Waals surface area contributed by atoms with Crippen molar-refractivity contribution in [2.24, 2.45) is 11.8 Å². The summed E-state index contributed by atoms with van der Waals surface area (Å²) >= 11 is 0. The van der Waals surface area contributed by atoms with Gasteiger partial charge in [0.05, 0.1) is 11.5 Å². The number of benzene rings is 1. The normalized spacial score (nSPS) is 23.9. The topological polar surface area (TPSA) is 66.8 Å². The zero-order valence-corrected chi connectivity index (χ0v) is 15.3. The summed E-state index contributed by atoms with van der Waals surface area (Å²) in [6.45, 7) is 6.28. The number of ether oxygens (including phenoxy) is 1. The van der Waals surface area contributed by atoms with Gasteiger partial charge in [-0.25, -0.2) is 0 Å². The molecule has 0 saturated heterocycles. The molecule has 0 bridgehead atoms. The molecule has 0 amide bonds. The SMILES string of the molecule is CCCCCc1cc(O)c2c(c1)OC(C)(C)C1CCC(C(=O)O)C=C21. The lowest BCUT2D eigenvalue weighted by atomic mass is 9.70. The first-order valence-electron chi connectivity index (χ1n) is 9.33. The number of aliphatic carboxylic acids is 1. The van der Waals surface area contributed by atoms with Crippen LogP contribution in [0.2, 0.25) is 0 Å². The minimum atomic E-state index is -0.799. The minimum Gasteiger partial charge on any atom is -0.507 e. The van der Waals surface area contributed by atoms with E-state index in [4.69, 9.17) is 4.74 Å². The Bertz CT molecular complexity index is 702. The lowest BCUT2D eigenvalue weighted by Crippen LogP contribution is -2.43. The van der Waals surface area contributed by atoms with Crippen LogP contribution in [0.15, 0.2) is 18.2 Å². The fourth-order valence-electron chi connectivity index (χ4n) is 4.20. The van der Waals surface area contributed by atoms with Gasteiger partial charge in [-0.1, -0.05) is 25.8 Å². The predicted octanol–water partition coefficient (Wildman–Crippen LogP) is 4.79. The molecule has 0 spiro atoms. The van der Waals surface area contributed by atoms with Gasteiger partial charge >= 0.3 is 5.97 Å². The Morgan fingerprint density at radius 3 is 2.72 bits per heavy atom. The summed E-state index contributed by atoms with van der Waals surface area (Å²) in [5, 5.41) is 20.1. The van der Waals surface area contributed by atoms with E-state index in [1.54, 1.807) is 0 Å². The maximum Gasteiger partial charge on any atom is 0.310 e. The van der Waals surface area contributed by atoms with E-state index in [1.807, 2.05) is 18.2 Å². The summed E-state index contributed by atoms with van der Waals surface area (Å²) in [6.07, 6.45) is 7.52. The molecule has 2 unspecified atom stereocenters. The summed E-state index contributed by atoms with van der Waals surface area (Å²) in [6, 6.07) is 3.84. The number of rotatable bonds is 5. The molecule has 0 fully saturated rings. The number of hydrogen-bond acceptors (Lipinski definition) is 3. The third kappa shape index (κ3) is 3.39. The van der Waals surface area contributed by atoms with Crippen LogP contribution in [-0.4, -0.2) is 21.8 Å². The van der Waals surface area contributed by atoms with Crippen molar-refractivity contribution in [1.29, 1.82) is 0 Å². The van der Waals surface area contributed by atoms with Crippen molar-refractivity contribution in [3.05, 3.63) is 29.3 Å². The van der Waals surface area contributed by atoms with Crippen molar-refractivity contribution in [2.45, 2.75) is 64.9 Å². The molecule has 2 aliphatic rings. The third-order valence-electron chi connectivity index (χ3n) is 5.55. The Balaban J connectivity index is 2.03. The van der Waals surface area contributed by atoms with Crippen LogP contribution in [0.4, 0.5) is 0 Å². The molecule has 1 aliphatic carbocycles. The van der Waals surface area contributed by atoms with E-state index in [9.17, 15) is 15.0 Å². The number of unbranched alkanes of at least 4 members (excludes halogenated alkanes) is 2. The van der Waals surface area contributed by atoms with Gasteiger partial charge in [0.1, 0.15) is 17.1 Å². The number of fused-ring (bicyclic) bond motifs is 3. The first kappa shape index (κ1) is 17.8. The number of carboxylic acid groups (broad SMARTS) is 1. The Labute approximate surface area is 149 Å². The van der Waals surface area contributed by atoms with E-state index < -0.39 is 17.5 Å². The Morgan fingerprint density at radius 2 is 2.04 bits per heavy atom. The molecule has 1 heterocycles. The van der Waals surface area contributed by atoms with Crippen LogP contribution >= 0.6 is 0 Å². The molecule has 3 rings (SSSR count). The summed E-state index contributed by atoms with van der Waals surface area (Å²) in [7, 11) is 0. The van der Waals surface area contributed by atoms with Gasteiger partial charge in [-0.2, -0.15) is 0 Å². The van der Waals surface area contributed by atoms with Gasteiger partial charge in [0, 0.05) is 5.92 Å². The molecule has 2 N–H and O–H groups in total. The second kappa shape index (κ2) is 6.74. The number of carbonyl (C=O) groups is 1. The summed E-state index contributed by atoms with van der Waals surface area (Å²) < 4.78 is 6.26. The van der Waals surface area contributed by atoms with Gasteiger partial charge in [0.2, 0.25) is 0 Å². The van der Waals surface area contributed by atoms with E-state index in [0.29, 0.717) is 17.7 Å². The second-order valence-corrected chi connectivity index (χ2v) is 7.85. The van der Waals surface area contributed by atoms with Crippen molar-refractivity contribution in [3.63, 3.8) is 0 Å². The second-order valence-electron chi connectivity index (χ2n) is 7.85. The van der Waals surface area contributed by atoms with Crippen LogP contribution in [0, 0.1) is 11.8 Å². The van der Waals surface area contributed by atoms with Crippen LogP contribution in [0.5, 0.6) is 11.5 Å². The highest BCUT2D eigenvalue weighted by Gasteiger charge is 2.44. The van der Waals surface area contributed by atoms with Crippen LogP contribution in [-0.2, 0) is 11.2 Å². The van der Waals surface area contributed by atoms with Crippen molar-refractivity contribution < 1.29 is 19.7 Å². The zero-order valence-electron chi connectivity index (χ0n) is 15.3. The number of phenols is 1. The molecule has 0 aromatic heterocycles. The van der Waals surface area contributed by atoms with Gasteiger partial charge in [-0.05, 0) is 62.8 Å². The highest BCUT2D eigenvalue weighted by Crippen LogP contribution is 2.52. The van der Waals surface area contributed by atoms with E-state index in [1.165, 1.54) is 0 Å². The van der Waals surface area contributed by atoms with Gasteiger partial charge in [0.15, 0.2) is 0 Å². The first-order valence-corrected chi connectivity index (χ1v) is 9.33. The highest BCUT2D eigenvalue weighted by molar-refractivity contribution is 5.84. The van der Waals surface area contributed by atoms with Crippen molar-refractivity contribution in [2.75, 3.05) is 0 Å². The highest BCUT2D eigenvalue weighted by atomic mass is 16.5. The van der Waals surface area contributed by atoms with Crippen LogP contribution in [0.3, 0.4) is 0 Å². The largest absolute Gasteiger partial charge is 0.507 e. The van der Waals surface area contributed by atoms with Gasteiger partial charge in [-0.3, -0.25) is 4.79 Å². The van der Waals surface area contributed by atoms with E-state index in [-0.39, 0.29) is 11.7 Å². The van der Waals surface area contributed by atoms with Crippen LogP contribution in [0.1, 0.15) is 64.0 Å². The van der Waals surface area contributed by atoms with Crippen molar-refractivity contribution in [3.8, 4) is 11.5 Å². The molecule has 4 nitrogen and oxygen atoms in total.